The van der Waals surface area contributed by atoms with Crippen LogP contribution in [0.3, 0.4) is 0 Å². The second-order valence-corrected chi connectivity index (χ2v) is 5.99. The van der Waals surface area contributed by atoms with Crippen molar-refractivity contribution in [2.24, 2.45) is 0 Å². The topological polar surface area (TPSA) is 99.6 Å². The quantitative estimate of drug-likeness (QED) is 0.653. The molecule has 8 nitrogen and oxygen atoms in total. The van der Waals surface area contributed by atoms with Crippen molar-refractivity contribution >= 4 is 16.9 Å². The molecule has 0 radical (unpaired) electrons. The van der Waals surface area contributed by atoms with Gasteiger partial charge in [0.05, 0.1) is 30.7 Å². The van der Waals surface area contributed by atoms with Gasteiger partial charge < -0.3 is 19.2 Å². The molecule has 8 heteroatoms. The molecule has 146 valence electrons. The number of rotatable bonds is 6. The maximum absolute atomic E-state index is 12.4. The van der Waals surface area contributed by atoms with E-state index in [2.05, 4.69) is 4.98 Å². The Hall–Kier alpha value is -3.55. The van der Waals surface area contributed by atoms with E-state index in [4.69, 9.17) is 14.2 Å². The molecule has 2 aromatic carbocycles. The summed E-state index contributed by atoms with van der Waals surface area (Å²) in [5, 5.41) is 0.326. The van der Waals surface area contributed by atoms with Gasteiger partial charge in [0.25, 0.3) is 5.56 Å². The number of nitrogens with one attached hydrogen (secondary N) is 1. The van der Waals surface area contributed by atoms with Crippen LogP contribution < -0.4 is 20.7 Å². The lowest BCUT2D eigenvalue weighted by atomic mass is 10.1. The van der Waals surface area contributed by atoms with Crippen LogP contribution in [0, 0.1) is 0 Å². The molecule has 3 aromatic rings. The second-order valence-electron chi connectivity index (χ2n) is 5.99. The summed E-state index contributed by atoms with van der Waals surface area (Å²) < 4.78 is 16.9. The lowest BCUT2D eigenvalue weighted by Crippen LogP contribution is -2.34. The Labute approximate surface area is 160 Å². The maximum atomic E-state index is 12.4. The summed E-state index contributed by atoms with van der Waals surface area (Å²) in [5.74, 6) is 0.589. The van der Waals surface area contributed by atoms with E-state index in [9.17, 15) is 14.4 Å². The minimum Gasteiger partial charge on any atom is -0.497 e. The smallest absolute Gasteiger partial charge is 0.338 e. The zero-order chi connectivity index (χ0) is 20.3. The molecule has 1 heterocycles. The van der Waals surface area contributed by atoms with E-state index in [1.807, 2.05) is 0 Å². The summed E-state index contributed by atoms with van der Waals surface area (Å²) in [7, 11) is 3.07. The third-order valence-electron chi connectivity index (χ3n) is 4.38. The Morgan fingerprint density at radius 1 is 1.07 bits per heavy atom. The van der Waals surface area contributed by atoms with Crippen molar-refractivity contribution in [2.75, 3.05) is 14.2 Å². The van der Waals surface area contributed by atoms with Crippen molar-refractivity contribution < 1.29 is 19.0 Å². The van der Waals surface area contributed by atoms with E-state index >= 15 is 0 Å². The van der Waals surface area contributed by atoms with Crippen LogP contribution in [0.5, 0.6) is 11.5 Å². The normalized spacial score (nSPS) is 10.7. The molecule has 0 fully saturated rings. The summed E-state index contributed by atoms with van der Waals surface area (Å²) >= 11 is 0. The SMILES string of the molecule is CCn1c(=O)[nH]c2cc(C(=O)OCc3cc(OC)ccc3OC)ccc2c1=O. The average molecular weight is 384 g/mol. The van der Waals surface area contributed by atoms with Crippen LogP contribution in [0.1, 0.15) is 22.8 Å². The third kappa shape index (κ3) is 3.62. The molecule has 28 heavy (non-hydrogen) atoms. The van der Waals surface area contributed by atoms with Crippen LogP contribution in [-0.2, 0) is 17.9 Å². The number of aromatic nitrogens is 2. The number of hydrogen-bond acceptors (Lipinski definition) is 6. The molecule has 0 saturated carbocycles. The molecule has 0 atom stereocenters. The van der Waals surface area contributed by atoms with E-state index in [0.717, 1.165) is 4.57 Å². The number of methoxy groups -OCH3 is 2. The number of aromatic amines is 1. The van der Waals surface area contributed by atoms with Crippen molar-refractivity contribution in [3.05, 3.63) is 68.4 Å². The minimum atomic E-state index is -0.590. The third-order valence-corrected chi connectivity index (χ3v) is 4.38. The van der Waals surface area contributed by atoms with E-state index in [1.165, 1.54) is 25.3 Å². The lowest BCUT2D eigenvalue weighted by Gasteiger charge is -2.11. The van der Waals surface area contributed by atoms with Gasteiger partial charge in [0.15, 0.2) is 0 Å². The van der Waals surface area contributed by atoms with Gasteiger partial charge in [-0.1, -0.05) is 0 Å². The van der Waals surface area contributed by atoms with E-state index in [1.54, 1.807) is 32.2 Å². The number of carbonyl (C=O) groups is 1. The first-order chi connectivity index (χ1) is 13.5. The molecule has 0 saturated heterocycles. The highest BCUT2D eigenvalue weighted by Gasteiger charge is 2.13. The Morgan fingerprint density at radius 3 is 2.54 bits per heavy atom. The first-order valence-corrected chi connectivity index (χ1v) is 8.63. The summed E-state index contributed by atoms with van der Waals surface area (Å²) in [6, 6.07) is 9.62. The van der Waals surface area contributed by atoms with Gasteiger partial charge in [-0.25, -0.2) is 9.59 Å². The zero-order valence-corrected chi connectivity index (χ0v) is 15.8. The van der Waals surface area contributed by atoms with Crippen molar-refractivity contribution in [1.82, 2.24) is 9.55 Å². The standard InChI is InChI=1S/C20H20N2O6/c1-4-22-18(23)15-7-5-12(10-16(15)21-20(22)25)19(24)28-11-13-9-14(26-2)6-8-17(13)27-3/h5-10H,4,11H2,1-3H3,(H,21,25). The number of ether oxygens (including phenoxy) is 3. The largest absolute Gasteiger partial charge is 0.497 e. The van der Waals surface area contributed by atoms with Crippen molar-refractivity contribution in [3.8, 4) is 11.5 Å². The summed E-state index contributed by atoms with van der Waals surface area (Å²) in [6.07, 6.45) is 0. The van der Waals surface area contributed by atoms with Crippen LogP contribution in [0.4, 0.5) is 0 Å². The maximum Gasteiger partial charge on any atom is 0.338 e. The van der Waals surface area contributed by atoms with Gasteiger partial charge in [-0.15, -0.1) is 0 Å². The predicted molar refractivity (Wildman–Crippen MR) is 103 cm³/mol. The fraction of sp³-hybridized carbons (Fsp3) is 0.250. The summed E-state index contributed by atoms with van der Waals surface area (Å²) in [5.41, 5.74) is 0.232. The van der Waals surface area contributed by atoms with Gasteiger partial charge in [-0.05, 0) is 43.3 Å². The number of esters is 1. The monoisotopic (exact) mass is 384 g/mol. The average Bonchev–Trinajstić information content (AvgIpc) is 2.71. The molecule has 0 aliphatic heterocycles. The number of benzene rings is 2. The molecule has 0 unspecified atom stereocenters. The van der Waals surface area contributed by atoms with E-state index in [-0.39, 0.29) is 24.2 Å². The molecule has 0 aliphatic carbocycles. The fourth-order valence-corrected chi connectivity index (χ4v) is 2.89. The Bertz CT molecular complexity index is 1150. The molecule has 0 amide bonds. The highest BCUT2D eigenvalue weighted by molar-refractivity contribution is 5.94. The van der Waals surface area contributed by atoms with E-state index < -0.39 is 17.2 Å². The Balaban J connectivity index is 1.86. The van der Waals surface area contributed by atoms with Crippen LogP contribution in [0.15, 0.2) is 46.0 Å². The number of carbonyl (C=O) groups excluding carboxylic acids is 1. The molecule has 1 aromatic heterocycles. The first-order valence-electron chi connectivity index (χ1n) is 8.63. The summed E-state index contributed by atoms with van der Waals surface area (Å²) in [4.78, 5) is 39.3. The van der Waals surface area contributed by atoms with Crippen molar-refractivity contribution in [1.29, 1.82) is 0 Å². The number of H-pyrrole nitrogens is 1. The van der Waals surface area contributed by atoms with Gasteiger partial charge in [0.1, 0.15) is 18.1 Å². The van der Waals surface area contributed by atoms with Crippen LogP contribution in [-0.4, -0.2) is 29.7 Å². The number of hydrogen-bond donors (Lipinski definition) is 1. The Kier molecular flexibility index (Phi) is 5.49. The van der Waals surface area contributed by atoms with Gasteiger partial charge in [-0.3, -0.25) is 9.36 Å². The molecule has 0 spiro atoms. The van der Waals surface area contributed by atoms with E-state index in [0.29, 0.717) is 22.4 Å². The van der Waals surface area contributed by atoms with Gasteiger partial charge in [0, 0.05) is 12.1 Å². The van der Waals surface area contributed by atoms with Crippen LogP contribution >= 0.6 is 0 Å². The fourth-order valence-electron chi connectivity index (χ4n) is 2.89. The molecule has 0 aliphatic rings. The molecular formula is C20H20N2O6. The van der Waals surface area contributed by atoms with Crippen molar-refractivity contribution in [2.45, 2.75) is 20.1 Å². The highest BCUT2D eigenvalue weighted by Crippen LogP contribution is 2.25. The number of nitrogens with zero attached hydrogens (tertiary/aromatic N) is 1. The van der Waals surface area contributed by atoms with Crippen LogP contribution in [0.2, 0.25) is 0 Å². The van der Waals surface area contributed by atoms with Gasteiger partial charge in [0.2, 0.25) is 0 Å². The Morgan fingerprint density at radius 2 is 1.86 bits per heavy atom. The highest BCUT2D eigenvalue weighted by atomic mass is 16.5. The van der Waals surface area contributed by atoms with Crippen LogP contribution in [0.25, 0.3) is 10.9 Å². The molecule has 3 rings (SSSR count). The van der Waals surface area contributed by atoms with Gasteiger partial charge in [-0.2, -0.15) is 0 Å². The zero-order valence-electron chi connectivity index (χ0n) is 15.8. The van der Waals surface area contributed by atoms with Gasteiger partial charge >= 0.3 is 11.7 Å². The molecular weight excluding hydrogens is 364 g/mol. The summed E-state index contributed by atoms with van der Waals surface area (Å²) in [6.45, 7) is 1.95. The minimum absolute atomic E-state index is 0.0226. The molecule has 0 bridgehead atoms. The molecule has 1 N–H and O–H groups in total. The second kappa shape index (κ2) is 7.99. The lowest BCUT2D eigenvalue weighted by molar-refractivity contribution is 0.0470. The van der Waals surface area contributed by atoms with Crippen molar-refractivity contribution in [3.63, 3.8) is 0 Å². The number of fused-ring (bicyclic) bond motifs is 1. The predicted octanol–water partition coefficient (Wildman–Crippen LogP) is 2.08. The first kappa shape index (κ1) is 19.2.